The fourth-order valence-electron chi connectivity index (χ4n) is 3.72. The van der Waals surface area contributed by atoms with Crippen molar-refractivity contribution in [3.63, 3.8) is 0 Å². The van der Waals surface area contributed by atoms with E-state index in [0.29, 0.717) is 5.56 Å². The quantitative estimate of drug-likeness (QED) is 0.232. The second kappa shape index (κ2) is 11.2. The summed E-state index contributed by atoms with van der Waals surface area (Å²) in [4.78, 5) is 30.8. The minimum Gasteiger partial charge on any atom is -0.331 e. The number of imidazole rings is 1. The molecule has 0 unspecified atom stereocenters. The molecule has 11 nitrogen and oxygen atoms in total. The number of para-hydroxylation sites is 1. The van der Waals surface area contributed by atoms with Gasteiger partial charge in [-0.3, -0.25) is 19.9 Å². The molecule has 2 aromatic carbocycles. The van der Waals surface area contributed by atoms with Gasteiger partial charge in [0.25, 0.3) is 11.6 Å². The Labute approximate surface area is 226 Å². The zero-order chi connectivity index (χ0) is 29.1. The van der Waals surface area contributed by atoms with E-state index in [4.69, 9.17) is 0 Å². The number of aromatic nitrogens is 3. The number of nitro groups is 1. The summed E-state index contributed by atoms with van der Waals surface area (Å²) in [5.41, 5.74) is -0.489. The zero-order valence-electron chi connectivity index (χ0n) is 20.7. The number of nitro benzene ring substituents is 1. The van der Waals surface area contributed by atoms with Crippen LogP contribution < -0.4 is 5.32 Å². The van der Waals surface area contributed by atoms with E-state index < -0.39 is 43.2 Å². The molecular formula is C25H21F3N6O5S. The third-order valence-electron chi connectivity index (χ3n) is 5.72. The standard InChI is InChI=1S/C25H21F3N6O5S/c1-32(40(38,39)22-8-3-2-7-21(22)34(36)37)14-20-10-9-18(12-29-20)24(35)31-23-15-33(16-30-23)13-17-5-4-6-19(11-17)25(26,27)28/h2-12,15-16H,13-14H2,1H3,(H,31,35). The highest BCUT2D eigenvalue weighted by Crippen LogP contribution is 2.30. The number of nitrogens with zero attached hydrogens (tertiary/aromatic N) is 5. The van der Waals surface area contributed by atoms with Crippen molar-refractivity contribution in [2.24, 2.45) is 0 Å². The van der Waals surface area contributed by atoms with Crippen LogP contribution >= 0.6 is 0 Å². The molecule has 0 saturated heterocycles. The molecule has 0 radical (unpaired) electrons. The zero-order valence-corrected chi connectivity index (χ0v) is 21.6. The minimum absolute atomic E-state index is 0.103. The second-order valence-corrected chi connectivity index (χ2v) is 10.6. The molecule has 4 aromatic rings. The van der Waals surface area contributed by atoms with Crippen LogP contribution in [0.4, 0.5) is 24.7 Å². The molecule has 4 rings (SSSR count). The highest BCUT2D eigenvalue weighted by atomic mass is 32.2. The van der Waals surface area contributed by atoms with E-state index in [1.54, 1.807) is 6.07 Å². The largest absolute Gasteiger partial charge is 0.416 e. The Hall–Kier alpha value is -4.63. The van der Waals surface area contributed by atoms with Crippen LogP contribution in [0.3, 0.4) is 0 Å². The molecule has 2 heterocycles. The van der Waals surface area contributed by atoms with Gasteiger partial charge in [-0.05, 0) is 35.9 Å². The Morgan fingerprint density at radius 2 is 1.85 bits per heavy atom. The van der Waals surface area contributed by atoms with Crippen molar-refractivity contribution in [2.45, 2.75) is 24.2 Å². The third-order valence-corrected chi connectivity index (χ3v) is 7.57. The smallest absolute Gasteiger partial charge is 0.331 e. The fraction of sp³-hybridized carbons (Fsp3) is 0.160. The maximum atomic E-state index is 12.9. The normalized spacial score (nSPS) is 11.9. The number of alkyl halides is 3. The molecule has 0 saturated carbocycles. The number of carbonyl (C=O) groups excluding carboxylic acids is 1. The molecule has 0 spiro atoms. The van der Waals surface area contributed by atoms with Crippen molar-refractivity contribution in [3.05, 3.63) is 112 Å². The van der Waals surface area contributed by atoms with Gasteiger partial charge in [0.1, 0.15) is 0 Å². The first-order chi connectivity index (χ1) is 18.8. The average molecular weight is 575 g/mol. The molecule has 208 valence electrons. The number of hydrogen-bond acceptors (Lipinski definition) is 7. The van der Waals surface area contributed by atoms with Crippen molar-refractivity contribution in [3.8, 4) is 0 Å². The maximum absolute atomic E-state index is 12.9. The first-order valence-electron chi connectivity index (χ1n) is 11.5. The van der Waals surface area contributed by atoms with Gasteiger partial charge in [0.15, 0.2) is 10.7 Å². The van der Waals surface area contributed by atoms with E-state index in [0.717, 1.165) is 28.6 Å². The average Bonchev–Trinajstić information content (AvgIpc) is 3.35. The Bertz CT molecular complexity index is 1660. The van der Waals surface area contributed by atoms with Gasteiger partial charge >= 0.3 is 6.18 Å². The molecule has 0 aliphatic rings. The van der Waals surface area contributed by atoms with Crippen LogP contribution in [0, 0.1) is 10.1 Å². The summed E-state index contributed by atoms with van der Waals surface area (Å²) in [6, 6.07) is 12.7. The number of rotatable bonds is 9. The molecule has 1 amide bonds. The van der Waals surface area contributed by atoms with Crippen LogP contribution in [0.1, 0.15) is 27.2 Å². The number of pyridine rings is 1. The van der Waals surface area contributed by atoms with Crippen molar-refractivity contribution in [1.29, 1.82) is 0 Å². The highest BCUT2D eigenvalue weighted by Gasteiger charge is 2.31. The molecule has 0 aliphatic heterocycles. The summed E-state index contributed by atoms with van der Waals surface area (Å²) >= 11 is 0. The van der Waals surface area contributed by atoms with Crippen molar-refractivity contribution >= 4 is 27.4 Å². The Morgan fingerprint density at radius 1 is 1.10 bits per heavy atom. The molecule has 40 heavy (non-hydrogen) atoms. The Kier molecular flexibility index (Phi) is 7.97. The van der Waals surface area contributed by atoms with Gasteiger partial charge < -0.3 is 9.88 Å². The van der Waals surface area contributed by atoms with Crippen LogP contribution in [-0.4, -0.2) is 45.1 Å². The summed E-state index contributed by atoms with van der Waals surface area (Å²) < 4.78 is 67.0. The third kappa shape index (κ3) is 6.50. The van der Waals surface area contributed by atoms with E-state index in [-0.39, 0.29) is 30.2 Å². The highest BCUT2D eigenvalue weighted by molar-refractivity contribution is 7.89. The van der Waals surface area contributed by atoms with Gasteiger partial charge in [0.05, 0.1) is 34.6 Å². The van der Waals surface area contributed by atoms with Crippen LogP contribution in [0.15, 0.2) is 84.3 Å². The summed E-state index contributed by atoms with van der Waals surface area (Å²) in [5, 5.41) is 13.8. The van der Waals surface area contributed by atoms with Gasteiger partial charge in [-0.15, -0.1) is 0 Å². The Morgan fingerprint density at radius 3 is 2.52 bits per heavy atom. The van der Waals surface area contributed by atoms with Gasteiger partial charge in [-0.2, -0.15) is 17.5 Å². The van der Waals surface area contributed by atoms with Crippen molar-refractivity contribution in [1.82, 2.24) is 18.8 Å². The number of hydrogen-bond donors (Lipinski definition) is 1. The monoisotopic (exact) mass is 574 g/mol. The number of carbonyl (C=O) groups is 1. The van der Waals surface area contributed by atoms with Gasteiger partial charge in [-0.1, -0.05) is 24.3 Å². The van der Waals surface area contributed by atoms with Gasteiger partial charge in [-0.25, -0.2) is 13.4 Å². The second-order valence-electron chi connectivity index (χ2n) is 8.61. The van der Waals surface area contributed by atoms with Gasteiger partial charge in [0, 0.05) is 32.1 Å². The van der Waals surface area contributed by atoms with E-state index >= 15 is 0 Å². The number of amides is 1. The summed E-state index contributed by atoms with van der Waals surface area (Å²) in [7, 11) is -2.95. The summed E-state index contributed by atoms with van der Waals surface area (Å²) in [6.45, 7) is -0.109. The van der Waals surface area contributed by atoms with Crippen molar-refractivity contribution < 1.29 is 31.3 Å². The molecule has 1 N–H and O–H groups in total. The number of sulfonamides is 1. The van der Waals surface area contributed by atoms with Crippen LogP contribution in [0.2, 0.25) is 0 Å². The molecule has 15 heteroatoms. The predicted octanol–water partition coefficient (Wildman–Crippen LogP) is 4.33. The Balaban J connectivity index is 1.39. The van der Waals surface area contributed by atoms with Crippen molar-refractivity contribution in [2.75, 3.05) is 12.4 Å². The van der Waals surface area contributed by atoms with Crippen LogP contribution in [-0.2, 0) is 29.3 Å². The molecule has 0 bridgehead atoms. The van der Waals surface area contributed by atoms with Crippen LogP contribution in [0.5, 0.6) is 0 Å². The maximum Gasteiger partial charge on any atom is 0.416 e. The molecule has 0 aliphatic carbocycles. The molecule has 0 fully saturated rings. The summed E-state index contributed by atoms with van der Waals surface area (Å²) in [6.07, 6.45) is -0.400. The number of halogens is 3. The molecular weight excluding hydrogens is 553 g/mol. The van der Waals surface area contributed by atoms with Gasteiger partial charge in [0.2, 0.25) is 10.0 Å². The summed E-state index contributed by atoms with van der Waals surface area (Å²) in [5.74, 6) is -0.402. The van der Waals surface area contributed by atoms with E-state index in [2.05, 4.69) is 15.3 Å². The lowest BCUT2D eigenvalue weighted by molar-refractivity contribution is -0.387. The van der Waals surface area contributed by atoms with Crippen LogP contribution in [0.25, 0.3) is 0 Å². The lowest BCUT2D eigenvalue weighted by Crippen LogP contribution is -2.27. The number of anilines is 1. The lowest BCUT2D eigenvalue weighted by Gasteiger charge is -2.17. The fourth-order valence-corrected chi connectivity index (χ4v) is 5.01. The predicted molar refractivity (Wildman–Crippen MR) is 137 cm³/mol. The first-order valence-corrected chi connectivity index (χ1v) is 12.9. The number of nitrogens with one attached hydrogen (secondary N) is 1. The minimum atomic E-state index is -4.46. The topological polar surface area (TPSA) is 140 Å². The molecule has 0 atom stereocenters. The number of benzene rings is 2. The lowest BCUT2D eigenvalue weighted by atomic mass is 10.1. The first kappa shape index (κ1) is 28.4. The molecule has 2 aromatic heterocycles. The van der Waals surface area contributed by atoms with E-state index in [1.165, 1.54) is 60.7 Å². The van der Waals surface area contributed by atoms with E-state index in [9.17, 15) is 36.5 Å². The SMILES string of the molecule is CN(Cc1ccc(C(=O)Nc2cn(Cc3cccc(C(F)(F)F)c3)cn2)cn1)S(=O)(=O)c1ccccc1[N+](=O)[O-]. The van der Waals surface area contributed by atoms with E-state index in [1.807, 2.05) is 0 Å².